The zero-order chi connectivity index (χ0) is 22.3. The van der Waals surface area contributed by atoms with Gasteiger partial charge < -0.3 is 10.1 Å². The van der Waals surface area contributed by atoms with Crippen molar-refractivity contribution in [2.75, 3.05) is 18.2 Å². The van der Waals surface area contributed by atoms with Gasteiger partial charge in [0, 0.05) is 17.1 Å². The van der Waals surface area contributed by atoms with Gasteiger partial charge in [-0.05, 0) is 35.9 Å². The van der Waals surface area contributed by atoms with Crippen LogP contribution in [-0.2, 0) is 11.2 Å². The number of carbonyl (C=O) groups excluding carboxylic acids is 1. The molecule has 1 N–H and O–H groups in total. The fourth-order valence-electron chi connectivity index (χ4n) is 3.22. The van der Waals surface area contributed by atoms with Gasteiger partial charge in [-0.3, -0.25) is 9.36 Å². The molecule has 0 radical (unpaired) electrons. The summed E-state index contributed by atoms with van der Waals surface area (Å²) in [6, 6.07) is 25.1. The Morgan fingerprint density at radius 3 is 2.47 bits per heavy atom. The third-order valence-corrected chi connectivity index (χ3v) is 5.85. The van der Waals surface area contributed by atoms with Crippen LogP contribution in [0.1, 0.15) is 11.4 Å². The summed E-state index contributed by atoms with van der Waals surface area (Å²) in [5.41, 5.74) is 2.61. The predicted molar refractivity (Wildman–Crippen MR) is 128 cm³/mol. The number of hydrogen-bond acceptors (Lipinski definition) is 5. The average molecular weight is 465 g/mol. The fraction of sp³-hybridized carbons (Fsp3) is 0.125. The molecule has 1 heterocycles. The van der Waals surface area contributed by atoms with Crippen molar-refractivity contribution >= 4 is 35.0 Å². The van der Waals surface area contributed by atoms with Crippen molar-refractivity contribution in [3.05, 3.63) is 95.3 Å². The van der Waals surface area contributed by atoms with Crippen molar-refractivity contribution in [2.45, 2.75) is 11.6 Å². The molecule has 32 heavy (non-hydrogen) atoms. The Kier molecular flexibility index (Phi) is 7.09. The van der Waals surface area contributed by atoms with E-state index in [1.165, 1.54) is 11.8 Å². The molecule has 6 nitrogen and oxygen atoms in total. The molecule has 0 aliphatic rings. The number of hydrogen-bond donors (Lipinski definition) is 1. The molecule has 8 heteroatoms. The molecule has 0 aliphatic heterocycles. The first kappa shape index (κ1) is 21.9. The molecule has 1 amide bonds. The maximum atomic E-state index is 12.6. The summed E-state index contributed by atoms with van der Waals surface area (Å²) in [6.07, 6.45) is 0.634. The van der Waals surface area contributed by atoms with Gasteiger partial charge in [0.1, 0.15) is 11.6 Å². The molecule has 0 saturated heterocycles. The molecule has 0 atom stereocenters. The van der Waals surface area contributed by atoms with Crippen LogP contribution >= 0.6 is 23.4 Å². The van der Waals surface area contributed by atoms with E-state index in [9.17, 15) is 4.79 Å². The monoisotopic (exact) mass is 464 g/mol. The molecule has 4 rings (SSSR count). The molecule has 0 unspecified atom stereocenters. The molecular formula is C24H21ClN4O2S. The standard InChI is InChI=1S/C24H21ClN4O2S/c1-31-21-13-12-18(25)15-20(21)26-23(30)16-32-24-28-27-22(14-17-8-4-2-5-9-17)29(24)19-10-6-3-7-11-19/h2-13,15H,14,16H2,1H3,(H,26,30). The van der Waals surface area contributed by atoms with Gasteiger partial charge in [-0.15, -0.1) is 10.2 Å². The summed E-state index contributed by atoms with van der Waals surface area (Å²) in [5.74, 6) is 1.32. The van der Waals surface area contributed by atoms with Crippen LogP contribution in [0.25, 0.3) is 5.69 Å². The van der Waals surface area contributed by atoms with Crippen LogP contribution in [0.3, 0.4) is 0 Å². The van der Waals surface area contributed by atoms with E-state index >= 15 is 0 Å². The van der Waals surface area contributed by atoms with Crippen molar-refractivity contribution < 1.29 is 9.53 Å². The van der Waals surface area contributed by atoms with Gasteiger partial charge in [-0.1, -0.05) is 71.9 Å². The summed E-state index contributed by atoms with van der Waals surface area (Å²) in [4.78, 5) is 12.6. The lowest BCUT2D eigenvalue weighted by atomic mass is 10.1. The number of thioether (sulfide) groups is 1. The summed E-state index contributed by atoms with van der Waals surface area (Å²) in [6.45, 7) is 0. The van der Waals surface area contributed by atoms with Gasteiger partial charge in [0.2, 0.25) is 5.91 Å². The molecule has 1 aromatic heterocycles. The first-order chi connectivity index (χ1) is 15.6. The van der Waals surface area contributed by atoms with Crippen LogP contribution in [0, 0.1) is 0 Å². The summed E-state index contributed by atoms with van der Waals surface area (Å²) in [7, 11) is 1.55. The number of halogens is 1. The van der Waals surface area contributed by atoms with Crippen LogP contribution in [0.15, 0.2) is 84.0 Å². The van der Waals surface area contributed by atoms with Crippen LogP contribution < -0.4 is 10.1 Å². The number of rotatable bonds is 8. The minimum Gasteiger partial charge on any atom is -0.495 e. The number of amides is 1. The Bertz CT molecular complexity index is 1200. The molecule has 0 spiro atoms. The van der Waals surface area contributed by atoms with Gasteiger partial charge in [-0.25, -0.2) is 0 Å². The van der Waals surface area contributed by atoms with E-state index in [4.69, 9.17) is 16.3 Å². The van der Waals surface area contributed by atoms with Crippen LogP contribution in [0.2, 0.25) is 5.02 Å². The molecule has 4 aromatic rings. The van der Waals surface area contributed by atoms with Gasteiger partial charge in [-0.2, -0.15) is 0 Å². The van der Waals surface area contributed by atoms with E-state index in [-0.39, 0.29) is 11.7 Å². The van der Waals surface area contributed by atoms with Gasteiger partial charge >= 0.3 is 0 Å². The highest BCUT2D eigenvalue weighted by Crippen LogP contribution is 2.28. The number of benzene rings is 3. The summed E-state index contributed by atoms with van der Waals surface area (Å²) < 4.78 is 7.29. The molecular weight excluding hydrogens is 444 g/mol. The van der Waals surface area contributed by atoms with Crippen molar-refractivity contribution in [1.82, 2.24) is 14.8 Å². The van der Waals surface area contributed by atoms with Crippen molar-refractivity contribution in [3.63, 3.8) is 0 Å². The zero-order valence-corrected chi connectivity index (χ0v) is 18.9. The third-order valence-electron chi connectivity index (χ3n) is 4.69. The lowest BCUT2D eigenvalue weighted by Crippen LogP contribution is -2.15. The topological polar surface area (TPSA) is 69.0 Å². The number of methoxy groups -OCH3 is 1. The molecule has 0 saturated carbocycles. The van der Waals surface area contributed by atoms with Crippen LogP contribution in [0.5, 0.6) is 5.75 Å². The minimum absolute atomic E-state index is 0.159. The van der Waals surface area contributed by atoms with Crippen LogP contribution in [0.4, 0.5) is 5.69 Å². The van der Waals surface area contributed by atoms with E-state index in [0.717, 1.165) is 17.1 Å². The second kappa shape index (κ2) is 10.3. The fourth-order valence-corrected chi connectivity index (χ4v) is 4.16. The molecule has 0 bridgehead atoms. The van der Waals surface area contributed by atoms with E-state index in [0.29, 0.717) is 28.0 Å². The number of carbonyl (C=O) groups is 1. The number of anilines is 1. The van der Waals surface area contributed by atoms with E-state index in [1.54, 1.807) is 25.3 Å². The van der Waals surface area contributed by atoms with Crippen molar-refractivity contribution in [3.8, 4) is 11.4 Å². The Hall–Kier alpha value is -3.29. The molecule has 3 aromatic carbocycles. The summed E-state index contributed by atoms with van der Waals surface area (Å²) >= 11 is 7.38. The number of ether oxygens (including phenoxy) is 1. The smallest absolute Gasteiger partial charge is 0.234 e. The highest BCUT2D eigenvalue weighted by molar-refractivity contribution is 7.99. The molecule has 0 fully saturated rings. The van der Waals surface area contributed by atoms with Crippen molar-refractivity contribution in [2.24, 2.45) is 0 Å². The normalized spacial score (nSPS) is 10.7. The average Bonchev–Trinajstić information content (AvgIpc) is 3.21. The van der Waals surface area contributed by atoms with Gasteiger partial charge in [0.25, 0.3) is 0 Å². The Morgan fingerprint density at radius 1 is 1.03 bits per heavy atom. The SMILES string of the molecule is COc1ccc(Cl)cc1NC(=O)CSc1nnc(Cc2ccccc2)n1-c1ccccc1. The highest BCUT2D eigenvalue weighted by atomic mass is 35.5. The maximum absolute atomic E-state index is 12.6. The van der Waals surface area contributed by atoms with Gasteiger partial charge in [0.15, 0.2) is 5.16 Å². The highest BCUT2D eigenvalue weighted by Gasteiger charge is 2.17. The first-order valence-corrected chi connectivity index (χ1v) is 11.3. The van der Waals surface area contributed by atoms with Crippen molar-refractivity contribution in [1.29, 1.82) is 0 Å². The zero-order valence-electron chi connectivity index (χ0n) is 17.4. The first-order valence-electron chi connectivity index (χ1n) is 9.94. The number of para-hydroxylation sites is 1. The minimum atomic E-state index is -0.192. The quantitative estimate of drug-likeness (QED) is 0.360. The second-order valence-corrected chi connectivity index (χ2v) is 8.29. The van der Waals surface area contributed by atoms with E-state index < -0.39 is 0 Å². The second-order valence-electron chi connectivity index (χ2n) is 6.91. The summed E-state index contributed by atoms with van der Waals surface area (Å²) in [5, 5.41) is 12.8. The van der Waals surface area contributed by atoms with Gasteiger partial charge in [0.05, 0.1) is 18.6 Å². The number of nitrogens with one attached hydrogen (secondary N) is 1. The lowest BCUT2D eigenvalue weighted by Gasteiger charge is -2.12. The Balaban J connectivity index is 1.53. The predicted octanol–water partition coefficient (Wildman–Crippen LogP) is 5.25. The Morgan fingerprint density at radius 2 is 1.75 bits per heavy atom. The maximum Gasteiger partial charge on any atom is 0.234 e. The van der Waals surface area contributed by atoms with E-state index in [1.807, 2.05) is 53.1 Å². The Labute approximate surface area is 195 Å². The largest absolute Gasteiger partial charge is 0.495 e. The molecule has 162 valence electrons. The van der Waals surface area contributed by atoms with Crippen LogP contribution in [-0.4, -0.2) is 33.5 Å². The van der Waals surface area contributed by atoms with E-state index in [2.05, 4.69) is 27.6 Å². The number of aromatic nitrogens is 3. The lowest BCUT2D eigenvalue weighted by molar-refractivity contribution is -0.113. The molecule has 0 aliphatic carbocycles. The number of nitrogens with zero attached hydrogens (tertiary/aromatic N) is 3. The third kappa shape index (κ3) is 5.30.